The molecule has 3 heterocycles. The number of nitrogens with one attached hydrogen (secondary N) is 6. The lowest BCUT2D eigenvalue weighted by Crippen LogP contribution is -2.36. The van der Waals surface area contributed by atoms with E-state index in [1.807, 2.05) is 62.3 Å². The number of nitrogens with two attached hydrogens (primary N) is 3. The summed E-state index contributed by atoms with van der Waals surface area (Å²) in [5.41, 5.74) is 15.5. The molecular formula is C48H81N15O6. The van der Waals surface area contributed by atoms with Crippen LogP contribution in [0.1, 0.15) is 188 Å². The highest BCUT2D eigenvalue weighted by atomic mass is 16.3. The number of nitrogens with zero attached hydrogens (tertiary/aromatic N) is 6. The van der Waals surface area contributed by atoms with Crippen molar-refractivity contribution in [2.75, 3.05) is 31.9 Å². The molecule has 3 amide bonds. The molecule has 0 aromatic carbocycles. The molecule has 9 unspecified atom stereocenters. The zero-order valence-corrected chi connectivity index (χ0v) is 41.0. The Hall–Kier alpha value is -5.67. The van der Waals surface area contributed by atoms with Crippen LogP contribution in [0.4, 0.5) is 35.3 Å². The number of rotatable bonds is 12. The fraction of sp³-hybridized carbons (Fsp3) is 0.688. The first-order valence-electron chi connectivity index (χ1n) is 28.9. The molecule has 0 saturated heterocycles. The molecule has 6 rings (SSSR count). The van der Waals surface area contributed by atoms with E-state index in [-0.39, 0.29) is 108 Å². The zero-order chi connectivity index (χ0) is 61.9. The average Bonchev–Trinajstić information content (AvgIpc) is 3.24. The second-order valence-electron chi connectivity index (χ2n) is 20.6. The van der Waals surface area contributed by atoms with Crippen LogP contribution < -0.4 is 49.1 Å². The van der Waals surface area contributed by atoms with Gasteiger partial charge < -0.3 is 64.4 Å². The second kappa shape index (κ2) is 23.8. The Morgan fingerprint density at radius 1 is 0.551 bits per heavy atom. The molecule has 0 bridgehead atoms. The van der Waals surface area contributed by atoms with Crippen LogP contribution in [0.5, 0.6) is 0 Å². The van der Waals surface area contributed by atoms with Crippen molar-refractivity contribution in [3.63, 3.8) is 0 Å². The summed E-state index contributed by atoms with van der Waals surface area (Å²) in [7, 11) is 0. The molecule has 0 radical (unpaired) electrons. The molecule has 3 aromatic rings. The van der Waals surface area contributed by atoms with Gasteiger partial charge in [-0.2, -0.15) is 15.0 Å². The molecule has 21 nitrogen and oxygen atoms in total. The van der Waals surface area contributed by atoms with Crippen LogP contribution in [-0.2, 0) is 0 Å². The highest BCUT2D eigenvalue weighted by molar-refractivity contribution is 5.98. The van der Waals surface area contributed by atoms with Crippen LogP contribution in [-0.4, -0.2) is 116 Å². The van der Waals surface area contributed by atoms with E-state index in [0.717, 1.165) is 0 Å². The summed E-state index contributed by atoms with van der Waals surface area (Å²) in [5, 5.41) is 49.1. The van der Waals surface area contributed by atoms with E-state index < -0.39 is 86.4 Å². The fourth-order valence-corrected chi connectivity index (χ4v) is 7.19. The Bertz CT molecular complexity index is 2690. The minimum Gasteiger partial charge on any atom is -0.393 e. The SMILES string of the molecule is [2H]C([2H])([2H])C1([2H])CCC(Nc2nc(NC(C)(C)C)ncc2C(N)=O)CC1O.[2H]C([2H])([2H])C1CCC(Nc2nc(NC(C)(C)C)ncc2C(N)=O)CC1([2H])O.[2H]C1(Nc2nc(NC(C)(C)C)ncc2C(N)=O)CCC(C([2H])([2H])[2H])C(O)C1. The Balaban J connectivity index is 0.000000261. The van der Waals surface area contributed by atoms with Crippen molar-refractivity contribution in [3.05, 3.63) is 35.3 Å². The van der Waals surface area contributed by atoms with Crippen molar-refractivity contribution >= 4 is 53.0 Å². The topological polar surface area (TPSA) is 339 Å². The lowest BCUT2D eigenvalue weighted by atomic mass is 9.85. The number of aliphatic hydroxyl groups excluding tert-OH is 2. The van der Waals surface area contributed by atoms with Gasteiger partial charge in [-0.15, -0.1) is 0 Å². The van der Waals surface area contributed by atoms with Crippen LogP contribution >= 0.6 is 0 Å². The average molecular weight is 976 g/mol. The first kappa shape index (κ1) is 40.1. The molecule has 15 N–H and O–H groups in total. The predicted molar refractivity (Wildman–Crippen MR) is 271 cm³/mol. The summed E-state index contributed by atoms with van der Waals surface area (Å²) < 4.78 is 92.4. The summed E-state index contributed by atoms with van der Waals surface area (Å²) >= 11 is 0. The minimum atomic E-state index is -2.57. The molecule has 9 atom stereocenters. The number of primary amides is 3. The third kappa shape index (κ3) is 18.3. The number of aromatic nitrogens is 6. The number of hydrogen-bond acceptors (Lipinski definition) is 18. The Morgan fingerprint density at radius 2 is 0.957 bits per heavy atom. The van der Waals surface area contributed by atoms with E-state index in [4.69, 9.17) is 33.7 Å². The molecule has 3 fully saturated rings. The zero-order valence-electron chi connectivity index (χ0n) is 53.0. The number of hydrogen-bond donors (Lipinski definition) is 12. The van der Waals surface area contributed by atoms with Gasteiger partial charge in [-0.05, 0) is 138 Å². The summed E-state index contributed by atoms with van der Waals surface area (Å²) in [4.78, 5) is 60.2. The summed E-state index contributed by atoms with van der Waals surface area (Å²) in [5.74, 6) is -4.71. The van der Waals surface area contributed by atoms with Crippen LogP contribution in [0.2, 0.25) is 0 Å². The van der Waals surface area contributed by atoms with E-state index >= 15 is 0 Å². The minimum absolute atomic E-state index is 0.00752. The van der Waals surface area contributed by atoms with Crippen LogP contribution in [0.25, 0.3) is 0 Å². The first-order chi connectivity index (χ1) is 36.6. The maximum atomic E-state index is 11.7. The lowest BCUT2D eigenvalue weighted by Gasteiger charge is -2.32. The van der Waals surface area contributed by atoms with Crippen molar-refractivity contribution in [2.45, 2.75) is 194 Å². The van der Waals surface area contributed by atoms with Gasteiger partial charge in [0.25, 0.3) is 17.7 Å². The first-order valence-corrected chi connectivity index (χ1v) is 22.9. The van der Waals surface area contributed by atoms with E-state index in [0.29, 0.717) is 24.7 Å². The maximum absolute atomic E-state index is 11.7. The molecule has 69 heavy (non-hydrogen) atoms. The molecule has 3 aliphatic carbocycles. The largest absolute Gasteiger partial charge is 0.393 e. The van der Waals surface area contributed by atoms with Crippen LogP contribution in [0.15, 0.2) is 18.6 Å². The molecule has 384 valence electrons. The Kier molecular flexibility index (Phi) is 13.8. The highest BCUT2D eigenvalue weighted by Gasteiger charge is 2.30. The molecule has 0 spiro atoms. The Morgan fingerprint density at radius 3 is 1.32 bits per heavy atom. The second-order valence-corrected chi connectivity index (χ2v) is 20.6. The summed E-state index contributed by atoms with van der Waals surface area (Å²) in [6.45, 7) is 10.1. The van der Waals surface area contributed by atoms with E-state index in [2.05, 4.69) is 61.8 Å². The monoisotopic (exact) mass is 976 g/mol. The van der Waals surface area contributed by atoms with E-state index in [1.54, 1.807) is 0 Å². The number of carbonyl (C=O) groups is 3. The van der Waals surface area contributed by atoms with Gasteiger partial charge in [-0.3, -0.25) is 14.4 Å². The van der Waals surface area contributed by atoms with Crippen LogP contribution in [0, 0.1) is 17.7 Å². The third-order valence-corrected chi connectivity index (χ3v) is 10.6. The normalized spacial score (nSPS) is 31.3. The van der Waals surface area contributed by atoms with Crippen LogP contribution in [0.3, 0.4) is 0 Å². The quantitative estimate of drug-likeness (QED) is 0.110. The standard InChI is InChI=1S/3C16H27N5O2/c3*1-9-5-6-10(7-12(9)22)19-14-11(13(17)23)8-18-15(20-14)21-16(2,3)4/h3*8-10,12,22H,5-7H2,1-4H3,(H2,17,23)(H2,18,19,20,21)/i1D3,12D;1D3,10D;1D3,9D. The number of carbonyl (C=O) groups excluding carboxylic acids is 3. The van der Waals surface area contributed by atoms with E-state index in [1.165, 1.54) is 18.6 Å². The Labute approximate surface area is 424 Å². The van der Waals surface area contributed by atoms with Gasteiger partial charge in [0, 0.05) is 67.0 Å². The van der Waals surface area contributed by atoms with Gasteiger partial charge in [0.1, 0.15) is 17.5 Å². The van der Waals surface area contributed by atoms with Gasteiger partial charge in [0.2, 0.25) is 17.8 Å². The predicted octanol–water partition coefficient (Wildman–Crippen LogP) is 5.24. The maximum Gasteiger partial charge on any atom is 0.254 e. The molecule has 3 saturated carbocycles. The fourth-order valence-electron chi connectivity index (χ4n) is 7.19. The summed E-state index contributed by atoms with van der Waals surface area (Å²) in [6.07, 6.45) is 0.358. The number of anilines is 6. The molecule has 3 aliphatic rings. The van der Waals surface area contributed by atoms with Crippen molar-refractivity contribution in [1.29, 1.82) is 0 Å². The number of amides is 3. The third-order valence-electron chi connectivity index (χ3n) is 10.6. The molecule has 3 aromatic heterocycles. The van der Waals surface area contributed by atoms with Gasteiger partial charge in [-0.1, -0.05) is 20.6 Å². The lowest BCUT2D eigenvalue weighted by molar-refractivity contribution is 0.0737. The molecule has 0 aliphatic heterocycles. The van der Waals surface area contributed by atoms with Crippen molar-refractivity contribution in [1.82, 2.24) is 29.9 Å². The molecular weight excluding hydrogens is 883 g/mol. The van der Waals surface area contributed by atoms with E-state index in [9.17, 15) is 29.7 Å². The van der Waals surface area contributed by atoms with Crippen molar-refractivity contribution < 1.29 is 46.2 Å². The number of aliphatic hydroxyl groups is 3. The van der Waals surface area contributed by atoms with Gasteiger partial charge in [0.05, 0.1) is 37.7 Å². The van der Waals surface area contributed by atoms with Gasteiger partial charge >= 0.3 is 0 Å². The highest BCUT2D eigenvalue weighted by Crippen LogP contribution is 2.30. The molecule has 21 heteroatoms. The van der Waals surface area contributed by atoms with Crippen molar-refractivity contribution in [3.8, 4) is 0 Å². The van der Waals surface area contributed by atoms with Crippen molar-refractivity contribution in [2.24, 2.45) is 34.9 Å². The smallest absolute Gasteiger partial charge is 0.254 e. The van der Waals surface area contributed by atoms with Gasteiger partial charge in [-0.25, -0.2) is 15.0 Å². The summed E-state index contributed by atoms with van der Waals surface area (Å²) in [6, 6.07) is -2.16. The van der Waals surface area contributed by atoms with Gasteiger partial charge in [0.15, 0.2) is 0 Å².